The average Bonchev–Trinajstić information content (AvgIpc) is 2.79. The fourth-order valence-corrected chi connectivity index (χ4v) is 3.96. The minimum atomic E-state index is -0.604. The lowest BCUT2D eigenvalue weighted by Crippen LogP contribution is -2.54. The zero-order chi connectivity index (χ0) is 23.5. The Hall–Kier alpha value is -2.90. The number of ether oxygens (including phenoxy) is 1. The summed E-state index contributed by atoms with van der Waals surface area (Å²) in [5, 5.41) is 3.85. The number of nitrogens with one attached hydrogen (secondary N) is 1. The number of amides is 2. The lowest BCUT2D eigenvalue weighted by molar-refractivity contribution is -0.122. The highest BCUT2D eigenvalue weighted by molar-refractivity contribution is 7.80. The third-order valence-corrected chi connectivity index (χ3v) is 6.02. The van der Waals surface area contributed by atoms with E-state index in [0.29, 0.717) is 32.1 Å². The van der Waals surface area contributed by atoms with E-state index >= 15 is 0 Å². The van der Waals surface area contributed by atoms with Crippen LogP contribution < -0.4 is 15.0 Å². The summed E-state index contributed by atoms with van der Waals surface area (Å²) in [6, 6.07) is 18.9. The van der Waals surface area contributed by atoms with Gasteiger partial charge in [-0.25, -0.2) is 0 Å². The van der Waals surface area contributed by atoms with Gasteiger partial charge in [-0.05, 0) is 66.3 Å². The van der Waals surface area contributed by atoms with Gasteiger partial charge in [0.25, 0.3) is 11.8 Å². The molecule has 5 nitrogen and oxygen atoms in total. The number of carbonyl (C=O) groups excluding carboxylic acids is 2. The Balaban J connectivity index is 1.66. The minimum absolute atomic E-state index is 0.00975. The van der Waals surface area contributed by atoms with E-state index in [9.17, 15) is 9.59 Å². The molecule has 2 amide bonds. The van der Waals surface area contributed by atoms with E-state index in [4.69, 9.17) is 51.8 Å². The van der Waals surface area contributed by atoms with Crippen LogP contribution in [0.15, 0.2) is 72.3 Å². The summed E-state index contributed by atoms with van der Waals surface area (Å²) in [6.45, 7) is 0.190. The standard InChI is InChI=1S/C24H15Cl3N2O3S/c25-16-7-9-21(32-13-14-6-8-19(26)20(27)10-14)15(11-16)12-18-22(30)28-24(33)29(23(18)31)17-4-2-1-3-5-17/h1-12H,13H2,(H,28,30,33)/b18-12-. The summed E-state index contributed by atoms with van der Waals surface area (Å²) < 4.78 is 5.93. The quantitative estimate of drug-likeness (QED) is 0.254. The minimum Gasteiger partial charge on any atom is -0.488 e. The molecule has 1 aliphatic rings. The molecule has 1 aliphatic heterocycles. The number of hydrogen-bond acceptors (Lipinski definition) is 4. The monoisotopic (exact) mass is 516 g/mol. The fourth-order valence-electron chi connectivity index (χ4n) is 3.18. The molecular formula is C24H15Cl3N2O3S. The maximum atomic E-state index is 13.2. The lowest BCUT2D eigenvalue weighted by atomic mass is 10.1. The first-order chi connectivity index (χ1) is 15.8. The average molecular weight is 518 g/mol. The molecule has 1 N–H and O–H groups in total. The molecule has 1 saturated heterocycles. The molecule has 0 atom stereocenters. The van der Waals surface area contributed by atoms with E-state index in [-0.39, 0.29) is 17.3 Å². The molecule has 3 aromatic carbocycles. The Morgan fingerprint density at radius 3 is 2.42 bits per heavy atom. The molecule has 33 heavy (non-hydrogen) atoms. The van der Waals surface area contributed by atoms with Gasteiger partial charge in [0.05, 0.1) is 15.7 Å². The molecule has 0 unspecified atom stereocenters. The second-order valence-corrected chi connectivity index (χ2v) is 8.65. The molecule has 166 valence electrons. The molecule has 1 heterocycles. The number of anilines is 1. The number of benzene rings is 3. The third-order valence-electron chi connectivity index (χ3n) is 4.77. The van der Waals surface area contributed by atoms with Gasteiger partial charge in [-0.3, -0.25) is 19.8 Å². The van der Waals surface area contributed by atoms with Crippen LogP contribution in [0.25, 0.3) is 6.08 Å². The van der Waals surface area contributed by atoms with Crippen LogP contribution in [0.1, 0.15) is 11.1 Å². The van der Waals surface area contributed by atoms with Crippen LogP contribution in [0.3, 0.4) is 0 Å². The summed E-state index contributed by atoms with van der Waals surface area (Å²) in [6.07, 6.45) is 1.44. The zero-order valence-corrected chi connectivity index (χ0v) is 19.9. The van der Waals surface area contributed by atoms with Crippen LogP contribution in [0.2, 0.25) is 15.1 Å². The summed E-state index contributed by atoms with van der Waals surface area (Å²) in [5.41, 5.74) is 1.70. The van der Waals surface area contributed by atoms with E-state index in [1.807, 2.05) is 6.07 Å². The van der Waals surface area contributed by atoms with Crippen molar-refractivity contribution in [2.24, 2.45) is 0 Å². The Kier molecular flexibility index (Phi) is 7.00. The van der Waals surface area contributed by atoms with E-state index in [1.54, 1.807) is 60.7 Å². The summed E-state index contributed by atoms with van der Waals surface area (Å²) in [7, 11) is 0. The van der Waals surface area contributed by atoms with Gasteiger partial charge >= 0.3 is 0 Å². The van der Waals surface area contributed by atoms with Gasteiger partial charge < -0.3 is 4.74 Å². The van der Waals surface area contributed by atoms with Crippen molar-refractivity contribution in [1.29, 1.82) is 0 Å². The molecule has 0 bridgehead atoms. The van der Waals surface area contributed by atoms with Crippen molar-refractivity contribution in [3.8, 4) is 5.75 Å². The van der Waals surface area contributed by atoms with Crippen molar-refractivity contribution in [2.45, 2.75) is 6.61 Å². The van der Waals surface area contributed by atoms with Crippen molar-refractivity contribution in [3.05, 3.63) is 98.5 Å². The Labute approximate surface area is 210 Å². The summed E-state index contributed by atoms with van der Waals surface area (Å²) in [5.74, 6) is -0.726. The van der Waals surface area contributed by atoms with Crippen LogP contribution in [0.5, 0.6) is 5.75 Å². The molecule has 4 rings (SSSR count). The summed E-state index contributed by atoms with van der Waals surface area (Å²) >= 11 is 23.4. The second kappa shape index (κ2) is 9.93. The first-order valence-corrected chi connectivity index (χ1v) is 11.2. The molecule has 3 aromatic rings. The normalized spacial score (nSPS) is 15.1. The largest absolute Gasteiger partial charge is 0.488 e. The lowest BCUT2D eigenvalue weighted by Gasteiger charge is -2.29. The molecule has 9 heteroatoms. The predicted octanol–water partition coefficient (Wildman–Crippen LogP) is 6.06. The Morgan fingerprint density at radius 1 is 0.939 bits per heavy atom. The Bertz CT molecular complexity index is 1300. The molecule has 0 radical (unpaired) electrons. The maximum Gasteiger partial charge on any atom is 0.270 e. The van der Waals surface area contributed by atoms with Gasteiger partial charge in [-0.15, -0.1) is 0 Å². The van der Waals surface area contributed by atoms with Crippen molar-refractivity contribution < 1.29 is 14.3 Å². The van der Waals surface area contributed by atoms with Crippen LogP contribution in [0, 0.1) is 0 Å². The fraction of sp³-hybridized carbons (Fsp3) is 0.0417. The molecule has 1 fully saturated rings. The van der Waals surface area contributed by atoms with E-state index in [0.717, 1.165) is 5.56 Å². The molecule has 0 spiro atoms. The van der Waals surface area contributed by atoms with Crippen LogP contribution >= 0.6 is 47.0 Å². The molecule has 0 aromatic heterocycles. The van der Waals surface area contributed by atoms with E-state index in [1.165, 1.54) is 11.0 Å². The molecule has 0 saturated carbocycles. The van der Waals surface area contributed by atoms with Crippen LogP contribution in [0.4, 0.5) is 5.69 Å². The van der Waals surface area contributed by atoms with Crippen molar-refractivity contribution >= 4 is 75.7 Å². The molecular weight excluding hydrogens is 503 g/mol. The second-order valence-electron chi connectivity index (χ2n) is 7.01. The molecule has 0 aliphatic carbocycles. The predicted molar refractivity (Wildman–Crippen MR) is 135 cm³/mol. The SMILES string of the molecule is O=C1NC(=S)N(c2ccccc2)C(=O)/C1=C\c1cc(Cl)ccc1OCc1ccc(Cl)c(Cl)c1. The number of halogens is 3. The smallest absolute Gasteiger partial charge is 0.270 e. The van der Waals surface area contributed by atoms with Gasteiger partial charge in [-0.1, -0.05) is 59.1 Å². The highest BCUT2D eigenvalue weighted by atomic mass is 35.5. The van der Waals surface area contributed by atoms with Crippen LogP contribution in [-0.4, -0.2) is 16.9 Å². The summed E-state index contributed by atoms with van der Waals surface area (Å²) in [4.78, 5) is 27.1. The third kappa shape index (κ3) is 5.20. The van der Waals surface area contributed by atoms with E-state index < -0.39 is 11.8 Å². The van der Waals surface area contributed by atoms with E-state index in [2.05, 4.69) is 5.32 Å². The number of rotatable bonds is 5. The number of nitrogens with zero attached hydrogens (tertiary/aromatic N) is 1. The van der Waals surface area contributed by atoms with Gasteiger partial charge in [0.2, 0.25) is 0 Å². The van der Waals surface area contributed by atoms with Crippen molar-refractivity contribution in [3.63, 3.8) is 0 Å². The first-order valence-electron chi connectivity index (χ1n) is 9.66. The van der Waals surface area contributed by atoms with Gasteiger partial charge in [0, 0.05) is 10.6 Å². The topological polar surface area (TPSA) is 58.6 Å². The highest BCUT2D eigenvalue weighted by Gasteiger charge is 2.34. The van der Waals surface area contributed by atoms with Crippen molar-refractivity contribution in [2.75, 3.05) is 4.90 Å². The number of carbonyl (C=O) groups is 2. The number of hydrogen-bond donors (Lipinski definition) is 1. The maximum absolute atomic E-state index is 13.2. The first kappa shape index (κ1) is 23.3. The van der Waals surface area contributed by atoms with Crippen LogP contribution in [-0.2, 0) is 16.2 Å². The zero-order valence-electron chi connectivity index (χ0n) is 16.8. The highest BCUT2D eigenvalue weighted by Crippen LogP contribution is 2.29. The number of para-hydroxylation sites is 1. The van der Waals surface area contributed by atoms with Gasteiger partial charge in [0.15, 0.2) is 5.11 Å². The van der Waals surface area contributed by atoms with Gasteiger partial charge in [0.1, 0.15) is 17.9 Å². The van der Waals surface area contributed by atoms with Crippen molar-refractivity contribution in [1.82, 2.24) is 5.32 Å². The van der Waals surface area contributed by atoms with Gasteiger partial charge in [-0.2, -0.15) is 0 Å². The Morgan fingerprint density at radius 2 is 1.70 bits per heavy atom. The number of thiocarbonyl (C=S) groups is 1.